The molecule has 2 amide bonds. The van der Waals surface area contributed by atoms with Gasteiger partial charge in [0, 0.05) is 10.7 Å². The van der Waals surface area contributed by atoms with Gasteiger partial charge in [0.05, 0.1) is 10.7 Å². The first-order valence-corrected chi connectivity index (χ1v) is 8.10. The van der Waals surface area contributed by atoms with Gasteiger partial charge >= 0.3 is 11.8 Å². The van der Waals surface area contributed by atoms with Crippen molar-refractivity contribution in [3.63, 3.8) is 0 Å². The van der Waals surface area contributed by atoms with Crippen LogP contribution in [0.4, 0.5) is 11.4 Å². The number of hydrogen-bond acceptors (Lipinski definition) is 2. The maximum absolute atomic E-state index is 12.0. The van der Waals surface area contributed by atoms with Gasteiger partial charge < -0.3 is 10.6 Å². The van der Waals surface area contributed by atoms with E-state index in [0.717, 1.165) is 5.56 Å². The summed E-state index contributed by atoms with van der Waals surface area (Å²) < 4.78 is 0. The van der Waals surface area contributed by atoms with Gasteiger partial charge in [-0.25, -0.2) is 0 Å². The summed E-state index contributed by atoms with van der Waals surface area (Å²) in [7, 11) is 0. The van der Waals surface area contributed by atoms with Crippen LogP contribution in [0.15, 0.2) is 42.5 Å². The van der Waals surface area contributed by atoms with Crippen LogP contribution in [-0.2, 0) is 15.0 Å². The van der Waals surface area contributed by atoms with Gasteiger partial charge in [0.25, 0.3) is 0 Å². The highest BCUT2D eigenvalue weighted by Gasteiger charge is 2.17. The highest BCUT2D eigenvalue weighted by molar-refractivity contribution is 6.45. The monoisotopic (exact) mass is 364 g/mol. The number of anilines is 2. The second-order valence-corrected chi connectivity index (χ2v) is 7.20. The molecule has 6 heteroatoms. The predicted octanol–water partition coefficient (Wildman–Crippen LogP) is 4.87. The molecule has 24 heavy (non-hydrogen) atoms. The first kappa shape index (κ1) is 18.3. The quantitative estimate of drug-likeness (QED) is 0.746. The van der Waals surface area contributed by atoms with Gasteiger partial charge in [-0.1, -0.05) is 56.1 Å². The lowest BCUT2D eigenvalue weighted by Gasteiger charge is -2.19. The fraction of sp³-hybridized carbons (Fsp3) is 0.222. The van der Waals surface area contributed by atoms with Crippen LogP contribution in [0.3, 0.4) is 0 Å². The largest absolute Gasteiger partial charge is 0.318 e. The Bertz CT molecular complexity index is 766. The Labute approximate surface area is 151 Å². The van der Waals surface area contributed by atoms with E-state index in [4.69, 9.17) is 23.2 Å². The molecule has 0 bridgehead atoms. The molecule has 2 rings (SSSR count). The molecular formula is C18H18Cl2N2O2. The molecular weight excluding hydrogens is 347 g/mol. The summed E-state index contributed by atoms with van der Waals surface area (Å²) in [6.45, 7) is 6.30. The molecule has 4 nitrogen and oxygen atoms in total. The van der Waals surface area contributed by atoms with Crippen molar-refractivity contribution in [2.45, 2.75) is 26.2 Å². The summed E-state index contributed by atoms with van der Waals surface area (Å²) in [5.74, 6) is -1.60. The predicted molar refractivity (Wildman–Crippen MR) is 98.9 cm³/mol. The molecule has 0 aliphatic rings. The second-order valence-electron chi connectivity index (χ2n) is 6.36. The van der Waals surface area contributed by atoms with E-state index in [-0.39, 0.29) is 11.1 Å². The fourth-order valence-corrected chi connectivity index (χ4v) is 2.35. The lowest BCUT2D eigenvalue weighted by Crippen LogP contribution is -2.29. The minimum absolute atomic E-state index is 0.0171. The molecule has 2 aromatic rings. The zero-order valence-corrected chi connectivity index (χ0v) is 15.1. The average molecular weight is 365 g/mol. The van der Waals surface area contributed by atoms with Crippen LogP contribution < -0.4 is 10.6 Å². The molecule has 126 valence electrons. The molecule has 0 fully saturated rings. The number of benzene rings is 2. The molecule has 0 heterocycles. The Morgan fingerprint density at radius 3 is 2.04 bits per heavy atom. The van der Waals surface area contributed by atoms with Gasteiger partial charge in [-0.3, -0.25) is 9.59 Å². The lowest BCUT2D eigenvalue weighted by molar-refractivity contribution is -0.132. The highest BCUT2D eigenvalue weighted by atomic mass is 35.5. The number of nitrogens with one attached hydrogen (secondary N) is 2. The third-order valence-corrected chi connectivity index (χ3v) is 3.96. The van der Waals surface area contributed by atoms with Gasteiger partial charge in [0.2, 0.25) is 0 Å². The Morgan fingerprint density at radius 2 is 1.46 bits per heavy atom. The van der Waals surface area contributed by atoms with Crippen LogP contribution in [0, 0.1) is 0 Å². The Morgan fingerprint density at radius 1 is 0.875 bits per heavy atom. The van der Waals surface area contributed by atoms with Crippen molar-refractivity contribution in [2.75, 3.05) is 10.6 Å². The van der Waals surface area contributed by atoms with E-state index in [9.17, 15) is 9.59 Å². The van der Waals surface area contributed by atoms with Crippen molar-refractivity contribution in [3.8, 4) is 0 Å². The standard InChI is InChI=1S/C18H18Cl2N2O2/c1-18(2,3)11-4-7-13(8-5-11)21-16(23)17(24)22-15-10-12(19)6-9-14(15)20/h4-10H,1-3H3,(H,21,23)(H,22,24). The van der Waals surface area contributed by atoms with Crippen molar-refractivity contribution >= 4 is 46.4 Å². The van der Waals surface area contributed by atoms with E-state index in [1.54, 1.807) is 24.3 Å². The van der Waals surface area contributed by atoms with Crippen molar-refractivity contribution < 1.29 is 9.59 Å². The first-order valence-electron chi connectivity index (χ1n) is 7.35. The number of halogens is 2. The van der Waals surface area contributed by atoms with E-state index in [1.165, 1.54) is 6.07 Å². The van der Waals surface area contributed by atoms with E-state index in [2.05, 4.69) is 31.4 Å². The van der Waals surface area contributed by atoms with E-state index in [1.807, 2.05) is 12.1 Å². The summed E-state index contributed by atoms with van der Waals surface area (Å²) in [6.07, 6.45) is 0. The summed E-state index contributed by atoms with van der Waals surface area (Å²) in [4.78, 5) is 24.0. The van der Waals surface area contributed by atoms with Gasteiger partial charge in [0.15, 0.2) is 0 Å². The van der Waals surface area contributed by atoms with Gasteiger partial charge in [-0.2, -0.15) is 0 Å². The summed E-state index contributed by atoms with van der Waals surface area (Å²) in [5, 5.41) is 5.70. The minimum Gasteiger partial charge on any atom is -0.318 e. The van der Waals surface area contributed by atoms with Gasteiger partial charge in [-0.15, -0.1) is 0 Å². The van der Waals surface area contributed by atoms with Gasteiger partial charge in [-0.05, 0) is 41.3 Å². The van der Waals surface area contributed by atoms with E-state index in [0.29, 0.717) is 15.7 Å². The molecule has 0 atom stereocenters. The number of carbonyl (C=O) groups excluding carboxylic acids is 2. The zero-order chi connectivity index (χ0) is 17.9. The van der Waals surface area contributed by atoms with Crippen molar-refractivity contribution in [3.05, 3.63) is 58.1 Å². The molecule has 0 radical (unpaired) electrons. The summed E-state index contributed by atoms with van der Waals surface area (Å²) in [6, 6.07) is 12.0. The van der Waals surface area contributed by atoms with Crippen molar-refractivity contribution in [1.29, 1.82) is 0 Å². The van der Waals surface area contributed by atoms with Crippen LogP contribution in [0.5, 0.6) is 0 Å². The Hall–Kier alpha value is -2.04. The number of carbonyl (C=O) groups is 2. The van der Waals surface area contributed by atoms with Crippen molar-refractivity contribution in [2.24, 2.45) is 0 Å². The summed E-state index contributed by atoms with van der Waals surface area (Å²) in [5.41, 5.74) is 1.98. The number of amides is 2. The SMILES string of the molecule is CC(C)(C)c1ccc(NC(=O)C(=O)Nc2cc(Cl)ccc2Cl)cc1. The Balaban J connectivity index is 2.04. The van der Waals surface area contributed by atoms with E-state index >= 15 is 0 Å². The van der Waals surface area contributed by atoms with Crippen LogP contribution >= 0.6 is 23.2 Å². The number of hydrogen-bond donors (Lipinski definition) is 2. The third-order valence-electron chi connectivity index (χ3n) is 3.39. The maximum atomic E-state index is 12.0. The zero-order valence-electron chi connectivity index (χ0n) is 13.6. The smallest absolute Gasteiger partial charge is 0.314 e. The van der Waals surface area contributed by atoms with Crippen LogP contribution in [0.2, 0.25) is 10.0 Å². The first-order chi connectivity index (χ1) is 11.2. The summed E-state index contributed by atoms with van der Waals surface area (Å²) >= 11 is 11.8. The highest BCUT2D eigenvalue weighted by Crippen LogP contribution is 2.26. The molecule has 0 saturated carbocycles. The Kier molecular flexibility index (Phi) is 5.52. The topological polar surface area (TPSA) is 58.2 Å². The van der Waals surface area contributed by atoms with Crippen LogP contribution in [-0.4, -0.2) is 11.8 Å². The van der Waals surface area contributed by atoms with E-state index < -0.39 is 11.8 Å². The molecule has 0 spiro atoms. The average Bonchev–Trinajstić information content (AvgIpc) is 2.50. The van der Waals surface area contributed by atoms with Gasteiger partial charge in [0.1, 0.15) is 0 Å². The maximum Gasteiger partial charge on any atom is 0.314 e. The van der Waals surface area contributed by atoms with Crippen LogP contribution in [0.25, 0.3) is 0 Å². The molecule has 0 aliphatic heterocycles. The molecule has 0 aromatic heterocycles. The molecule has 0 aliphatic carbocycles. The van der Waals surface area contributed by atoms with Crippen molar-refractivity contribution in [1.82, 2.24) is 0 Å². The van der Waals surface area contributed by atoms with Crippen LogP contribution in [0.1, 0.15) is 26.3 Å². The molecule has 0 unspecified atom stereocenters. The normalized spacial score (nSPS) is 11.0. The molecule has 2 N–H and O–H groups in total. The third kappa shape index (κ3) is 4.73. The lowest BCUT2D eigenvalue weighted by atomic mass is 9.87. The second kappa shape index (κ2) is 7.24. The minimum atomic E-state index is -0.820. The molecule has 2 aromatic carbocycles. The molecule has 0 saturated heterocycles. The fourth-order valence-electron chi connectivity index (χ4n) is 2.01. The number of rotatable bonds is 2.